The quantitative estimate of drug-likeness (QED) is 0.919. The summed E-state index contributed by atoms with van der Waals surface area (Å²) in [4.78, 5) is 25.6. The molecule has 0 aliphatic carbocycles. The van der Waals surface area contributed by atoms with Crippen molar-refractivity contribution < 1.29 is 19.4 Å². The van der Waals surface area contributed by atoms with Crippen LogP contribution < -0.4 is 4.74 Å². The van der Waals surface area contributed by atoms with Gasteiger partial charge in [0.2, 0.25) is 0 Å². The highest BCUT2D eigenvalue weighted by atomic mass is 16.5. The molecule has 25 heavy (non-hydrogen) atoms. The number of aliphatic carboxylic acids is 1. The molecule has 1 aromatic carbocycles. The van der Waals surface area contributed by atoms with Gasteiger partial charge in [0, 0.05) is 18.3 Å². The Hall–Kier alpha value is -2.83. The Morgan fingerprint density at radius 1 is 1.28 bits per heavy atom. The molecule has 1 fully saturated rings. The Morgan fingerprint density at radius 3 is 2.52 bits per heavy atom. The lowest BCUT2D eigenvalue weighted by Gasteiger charge is -2.22. The molecule has 132 valence electrons. The Labute approximate surface area is 145 Å². The highest BCUT2D eigenvalue weighted by Crippen LogP contribution is 2.26. The van der Waals surface area contributed by atoms with E-state index in [2.05, 4.69) is 5.10 Å². The molecule has 2 atom stereocenters. The zero-order valence-electron chi connectivity index (χ0n) is 14.5. The number of nitrogens with zero attached hydrogens (tertiary/aromatic N) is 3. The van der Waals surface area contributed by atoms with Crippen molar-refractivity contribution in [2.45, 2.75) is 26.3 Å². The van der Waals surface area contributed by atoms with E-state index >= 15 is 0 Å². The van der Waals surface area contributed by atoms with E-state index in [0.29, 0.717) is 18.7 Å². The van der Waals surface area contributed by atoms with Crippen LogP contribution in [0.5, 0.6) is 5.75 Å². The maximum atomic E-state index is 12.8. The monoisotopic (exact) mass is 343 g/mol. The number of carboxylic acid groups (broad SMARTS) is 1. The number of hydrogen-bond donors (Lipinski definition) is 1. The van der Waals surface area contributed by atoms with Crippen molar-refractivity contribution in [3.8, 4) is 11.4 Å². The number of ether oxygens (including phenoxy) is 1. The van der Waals surface area contributed by atoms with Gasteiger partial charge in [0.1, 0.15) is 5.75 Å². The summed E-state index contributed by atoms with van der Waals surface area (Å²) in [5, 5.41) is 13.6. The molecule has 2 heterocycles. The van der Waals surface area contributed by atoms with Gasteiger partial charge < -0.3 is 14.7 Å². The molecule has 1 aliphatic rings. The molecule has 7 heteroatoms. The third kappa shape index (κ3) is 3.09. The molecule has 0 spiro atoms. The number of benzene rings is 1. The van der Waals surface area contributed by atoms with Crippen molar-refractivity contribution in [2.75, 3.05) is 13.7 Å². The van der Waals surface area contributed by atoms with E-state index in [1.165, 1.54) is 0 Å². The molecule has 3 rings (SSSR count). The number of carbonyl (C=O) groups is 2. The summed E-state index contributed by atoms with van der Waals surface area (Å²) in [6.07, 6.45) is 0.473. The van der Waals surface area contributed by atoms with Gasteiger partial charge in [-0.3, -0.25) is 9.59 Å². The van der Waals surface area contributed by atoms with Crippen LogP contribution in [0, 0.1) is 12.8 Å². The van der Waals surface area contributed by atoms with Gasteiger partial charge in [-0.05, 0) is 50.6 Å². The van der Waals surface area contributed by atoms with Crippen molar-refractivity contribution in [1.29, 1.82) is 0 Å². The van der Waals surface area contributed by atoms with Crippen molar-refractivity contribution in [1.82, 2.24) is 14.7 Å². The van der Waals surface area contributed by atoms with Gasteiger partial charge in [-0.25, -0.2) is 4.68 Å². The van der Waals surface area contributed by atoms with Crippen LogP contribution in [-0.2, 0) is 4.79 Å². The van der Waals surface area contributed by atoms with E-state index in [-0.39, 0.29) is 11.9 Å². The summed E-state index contributed by atoms with van der Waals surface area (Å²) in [6.45, 7) is 4.09. The third-order valence-electron chi connectivity index (χ3n) is 4.76. The first-order chi connectivity index (χ1) is 11.9. The van der Waals surface area contributed by atoms with Gasteiger partial charge in [0.25, 0.3) is 5.91 Å². The zero-order chi connectivity index (χ0) is 18.1. The van der Waals surface area contributed by atoms with Gasteiger partial charge in [0.15, 0.2) is 5.69 Å². The van der Waals surface area contributed by atoms with Crippen molar-refractivity contribution >= 4 is 11.9 Å². The molecule has 1 saturated heterocycles. The van der Waals surface area contributed by atoms with Crippen LogP contribution >= 0.6 is 0 Å². The molecule has 0 saturated carbocycles. The van der Waals surface area contributed by atoms with Crippen LogP contribution in [0.3, 0.4) is 0 Å². The molecule has 2 unspecified atom stereocenters. The lowest BCUT2D eigenvalue weighted by molar-refractivity contribution is -0.142. The first-order valence-electron chi connectivity index (χ1n) is 8.17. The second-order valence-electron chi connectivity index (χ2n) is 6.25. The fourth-order valence-corrected chi connectivity index (χ4v) is 3.27. The number of aromatic nitrogens is 2. The molecule has 7 nitrogen and oxygen atoms in total. The third-order valence-corrected chi connectivity index (χ3v) is 4.76. The second-order valence-corrected chi connectivity index (χ2v) is 6.25. The van der Waals surface area contributed by atoms with Crippen LogP contribution in [0.15, 0.2) is 30.3 Å². The maximum Gasteiger partial charge on any atom is 0.308 e. The minimum absolute atomic E-state index is 0.230. The molecule has 0 radical (unpaired) electrons. The summed E-state index contributed by atoms with van der Waals surface area (Å²) in [7, 11) is 1.60. The van der Waals surface area contributed by atoms with E-state index in [4.69, 9.17) is 4.74 Å². The largest absolute Gasteiger partial charge is 0.497 e. The number of rotatable bonds is 4. The first kappa shape index (κ1) is 17.0. The molecule has 1 amide bonds. The SMILES string of the molecule is COc1ccc(-n2nc(C(=O)N3CCC(C(=O)O)C3C)cc2C)cc1. The topological polar surface area (TPSA) is 84.7 Å². The molecule has 1 N–H and O–H groups in total. The van der Waals surface area contributed by atoms with Crippen LogP contribution in [0.4, 0.5) is 0 Å². The van der Waals surface area contributed by atoms with Crippen LogP contribution in [0.25, 0.3) is 5.69 Å². The first-order valence-corrected chi connectivity index (χ1v) is 8.17. The van der Waals surface area contributed by atoms with Crippen molar-refractivity contribution in [3.05, 3.63) is 41.7 Å². The molecule has 1 aromatic heterocycles. The average molecular weight is 343 g/mol. The van der Waals surface area contributed by atoms with Crippen LogP contribution in [0.1, 0.15) is 29.5 Å². The minimum atomic E-state index is -0.859. The van der Waals surface area contributed by atoms with Crippen LogP contribution in [-0.4, -0.2) is 51.4 Å². The summed E-state index contributed by atoms with van der Waals surface area (Å²) in [6, 6.07) is 8.79. The summed E-state index contributed by atoms with van der Waals surface area (Å²) < 4.78 is 6.85. The Morgan fingerprint density at radius 2 is 1.96 bits per heavy atom. The number of aryl methyl sites for hydroxylation is 1. The predicted molar refractivity (Wildman–Crippen MR) is 91.1 cm³/mol. The molecular weight excluding hydrogens is 322 g/mol. The van der Waals surface area contributed by atoms with E-state index in [1.54, 1.807) is 29.7 Å². The summed E-state index contributed by atoms with van der Waals surface area (Å²) in [5.41, 5.74) is 1.98. The fraction of sp³-hybridized carbons (Fsp3) is 0.389. The van der Waals surface area contributed by atoms with Crippen molar-refractivity contribution in [2.24, 2.45) is 5.92 Å². The molecule has 2 aromatic rings. The lowest BCUT2D eigenvalue weighted by Crippen LogP contribution is -2.37. The standard InChI is InChI=1S/C18H21N3O4/c1-11-10-16(17(22)20-9-8-15(12(20)2)18(23)24)19-21(11)13-4-6-14(25-3)7-5-13/h4-7,10,12,15H,8-9H2,1-3H3,(H,23,24). The van der Waals surface area contributed by atoms with Gasteiger partial charge in [-0.15, -0.1) is 0 Å². The fourth-order valence-electron chi connectivity index (χ4n) is 3.27. The predicted octanol–water partition coefficient (Wildman–Crippen LogP) is 2.12. The Kier molecular flexibility index (Phi) is 4.48. The van der Waals surface area contributed by atoms with Gasteiger partial charge in [-0.1, -0.05) is 0 Å². The zero-order valence-corrected chi connectivity index (χ0v) is 14.5. The number of methoxy groups -OCH3 is 1. The van der Waals surface area contributed by atoms with E-state index in [9.17, 15) is 14.7 Å². The number of carbonyl (C=O) groups excluding carboxylic acids is 1. The van der Waals surface area contributed by atoms with E-state index in [0.717, 1.165) is 17.1 Å². The molecule has 0 bridgehead atoms. The van der Waals surface area contributed by atoms with E-state index in [1.807, 2.05) is 31.2 Å². The van der Waals surface area contributed by atoms with Crippen LogP contribution in [0.2, 0.25) is 0 Å². The minimum Gasteiger partial charge on any atom is -0.497 e. The number of carboxylic acids is 1. The van der Waals surface area contributed by atoms with Gasteiger partial charge in [-0.2, -0.15) is 5.10 Å². The Bertz CT molecular complexity index is 797. The van der Waals surface area contributed by atoms with Crippen molar-refractivity contribution in [3.63, 3.8) is 0 Å². The lowest BCUT2D eigenvalue weighted by atomic mass is 10.0. The van der Waals surface area contributed by atoms with Gasteiger partial charge in [0.05, 0.1) is 18.7 Å². The number of likely N-dealkylation sites (tertiary alicyclic amines) is 1. The molecule has 1 aliphatic heterocycles. The Balaban J connectivity index is 1.84. The highest BCUT2D eigenvalue weighted by Gasteiger charge is 2.39. The average Bonchev–Trinajstić information content (AvgIpc) is 3.17. The van der Waals surface area contributed by atoms with E-state index < -0.39 is 11.9 Å². The number of hydrogen-bond acceptors (Lipinski definition) is 4. The normalized spacial score (nSPS) is 19.9. The highest BCUT2D eigenvalue weighted by molar-refractivity contribution is 5.93. The smallest absolute Gasteiger partial charge is 0.308 e. The maximum absolute atomic E-state index is 12.8. The summed E-state index contributed by atoms with van der Waals surface area (Å²) >= 11 is 0. The number of amides is 1. The molecular formula is C18H21N3O4. The van der Waals surface area contributed by atoms with Gasteiger partial charge >= 0.3 is 5.97 Å². The summed E-state index contributed by atoms with van der Waals surface area (Å²) in [5.74, 6) is -0.862. The second kappa shape index (κ2) is 6.58.